The summed E-state index contributed by atoms with van der Waals surface area (Å²) in [7, 11) is 0. The van der Waals surface area contributed by atoms with Gasteiger partial charge in [-0.15, -0.1) is 0 Å². The zero-order chi connectivity index (χ0) is 19.9. The largest absolute Gasteiger partial charge is 0.472 e. The summed E-state index contributed by atoms with van der Waals surface area (Å²) in [5.74, 6) is -1.05. The zero-order valence-corrected chi connectivity index (χ0v) is 15.9. The standard InChI is InChI=1S/C21H25N3O4/c1-15(17-5-3-2-4-6-17)23-20(26)19(25)22-13-16-7-10-24(11-8-16)21(27)18-9-12-28-14-18/h2-6,9,12,14-16H,7-8,10-11,13H2,1H3,(H,22,25)(H,23,26). The van der Waals surface area contributed by atoms with Gasteiger partial charge in [0.2, 0.25) is 0 Å². The van der Waals surface area contributed by atoms with Crippen molar-refractivity contribution in [3.05, 3.63) is 60.1 Å². The lowest BCUT2D eigenvalue weighted by molar-refractivity contribution is -0.139. The van der Waals surface area contributed by atoms with Crippen LogP contribution in [0.2, 0.25) is 0 Å². The molecule has 1 saturated heterocycles. The minimum atomic E-state index is -0.635. The van der Waals surface area contributed by atoms with Crippen LogP contribution in [0.5, 0.6) is 0 Å². The predicted molar refractivity (Wildman–Crippen MR) is 103 cm³/mol. The summed E-state index contributed by atoms with van der Waals surface area (Å²) in [6.07, 6.45) is 4.50. The molecule has 148 valence electrons. The Morgan fingerprint density at radius 2 is 1.82 bits per heavy atom. The molecule has 1 aliphatic heterocycles. The molecule has 7 nitrogen and oxygen atoms in total. The van der Waals surface area contributed by atoms with Crippen LogP contribution >= 0.6 is 0 Å². The number of furan rings is 1. The molecule has 3 rings (SSSR count). The minimum Gasteiger partial charge on any atom is -0.472 e. The fraction of sp³-hybridized carbons (Fsp3) is 0.381. The third-order valence-electron chi connectivity index (χ3n) is 5.07. The summed E-state index contributed by atoms with van der Waals surface area (Å²) >= 11 is 0. The molecule has 7 heteroatoms. The maximum atomic E-state index is 12.3. The van der Waals surface area contributed by atoms with Crippen LogP contribution < -0.4 is 10.6 Å². The number of piperidine rings is 1. The second-order valence-corrected chi connectivity index (χ2v) is 7.06. The smallest absolute Gasteiger partial charge is 0.309 e. The maximum Gasteiger partial charge on any atom is 0.309 e. The summed E-state index contributed by atoms with van der Waals surface area (Å²) in [6.45, 7) is 3.52. The molecule has 1 aromatic carbocycles. The number of carbonyl (C=O) groups excluding carboxylic acids is 3. The summed E-state index contributed by atoms with van der Waals surface area (Å²) in [4.78, 5) is 38.2. The first-order chi connectivity index (χ1) is 13.5. The first-order valence-corrected chi connectivity index (χ1v) is 9.49. The number of rotatable bonds is 5. The fourth-order valence-corrected chi connectivity index (χ4v) is 3.31. The zero-order valence-electron chi connectivity index (χ0n) is 15.9. The van der Waals surface area contributed by atoms with Crippen LogP contribution in [0.3, 0.4) is 0 Å². The van der Waals surface area contributed by atoms with E-state index in [2.05, 4.69) is 10.6 Å². The van der Waals surface area contributed by atoms with Crippen LogP contribution in [0.1, 0.15) is 41.7 Å². The second-order valence-electron chi connectivity index (χ2n) is 7.06. The van der Waals surface area contributed by atoms with Crippen molar-refractivity contribution in [2.45, 2.75) is 25.8 Å². The van der Waals surface area contributed by atoms with E-state index in [1.54, 1.807) is 11.0 Å². The van der Waals surface area contributed by atoms with Gasteiger partial charge in [-0.25, -0.2) is 0 Å². The van der Waals surface area contributed by atoms with Crippen molar-refractivity contribution in [3.63, 3.8) is 0 Å². The minimum absolute atomic E-state index is 0.0366. The van der Waals surface area contributed by atoms with Crippen molar-refractivity contribution < 1.29 is 18.8 Å². The van der Waals surface area contributed by atoms with Gasteiger partial charge in [0.25, 0.3) is 5.91 Å². The Labute approximate surface area is 164 Å². The number of amides is 3. The SMILES string of the molecule is CC(NC(=O)C(=O)NCC1CCN(C(=O)c2ccoc2)CC1)c1ccccc1. The molecule has 1 aromatic heterocycles. The quantitative estimate of drug-likeness (QED) is 0.774. The second kappa shape index (κ2) is 9.21. The van der Waals surface area contributed by atoms with E-state index in [0.29, 0.717) is 25.2 Å². The third-order valence-corrected chi connectivity index (χ3v) is 5.07. The van der Waals surface area contributed by atoms with Crippen molar-refractivity contribution in [2.75, 3.05) is 19.6 Å². The Balaban J connectivity index is 1.39. The highest BCUT2D eigenvalue weighted by molar-refractivity contribution is 6.35. The van der Waals surface area contributed by atoms with Gasteiger partial charge in [0.1, 0.15) is 6.26 Å². The molecule has 2 aromatic rings. The van der Waals surface area contributed by atoms with Crippen LogP contribution in [-0.4, -0.2) is 42.3 Å². The van der Waals surface area contributed by atoms with Gasteiger partial charge in [-0.05, 0) is 37.3 Å². The molecule has 2 heterocycles. The van der Waals surface area contributed by atoms with Gasteiger partial charge in [0, 0.05) is 19.6 Å². The number of nitrogens with zero attached hydrogens (tertiary/aromatic N) is 1. The van der Waals surface area contributed by atoms with Crippen molar-refractivity contribution in [2.24, 2.45) is 5.92 Å². The van der Waals surface area contributed by atoms with Crippen molar-refractivity contribution in [1.82, 2.24) is 15.5 Å². The van der Waals surface area contributed by atoms with Crippen LogP contribution in [0.25, 0.3) is 0 Å². The lowest BCUT2D eigenvalue weighted by atomic mass is 9.96. The van der Waals surface area contributed by atoms with Gasteiger partial charge in [-0.3, -0.25) is 14.4 Å². The van der Waals surface area contributed by atoms with Gasteiger partial charge in [0.15, 0.2) is 0 Å². The molecule has 0 bridgehead atoms. The van der Waals surface area contributed by atoms with Gasteiger partial charge < -0.3 is 20.0 Å². The first-order valence-electron chi connectivity index (χ1n) is 9.49. The molecular weight excluding hydrogens is 358 g/mol. The highest BCUT2D eigenvalue weighted by atomic mass is 16.3. The predicted octanol–water partition coefficient (Wildman–Crippen LogP) is 2.13. The molecule has 1 unspecified atom stereocenters. The molecule has 0 radical (unpaired) electrons. The molecule has 1 aliphatic rings. The molecule has 1 atom stereocenters. The first kappa shape index (κ1) is 19.7. The number of nitrogens with one attached hydrogen (secondary N) is 2. The summed E-state index contributed by atoms with van der Waals surface area (Å²) in [6, 6.07) is 10.9. The van der Waals surface area contributed by atoms with Gasteiger partial charge in [0.05, 0.1) is 17.9 Å². The highest BCUT2D eigenvalue weighted by Crippen LogP contribution is 2.18. The lowest BCUT2D eigenvalue weighted by Gasteiger charge is -2.31. The van der Waals surface area contributed by atoms with E-state index in [-0.39, 0.29) is 17.9 Å². The van der Waals surface area contributed by atoms with Crippen molar-refractivity contribution >= 4 is 17.7 Å². The van der Waals surface area contributed by atoms with E-state index in [9.17, 15) is 14.4 Å². The summed E-state index contributed by atoms with van der Waals surface area (Å²) in [5, 5.41) is 5.42. The van der Waals surface area contributed by atoms with Crippen molar-refractivity contribution in [1.29, 1.82) is 0 Å². The van der Waals surface area contributed by atoms with Crippen LogP contribution in [0, 0.1) is 5.92 Å². The summed E-state index contributed by atoms with van der Waals surface area (Å²) < 4.78 is 4.96. The number of carbonyl (C=O) groups is 3. The molecular formula is C21H25N3O4. The van der Waals surface area contributed by atoms with Crippen LogP contribution in [0.15, 0.2) is 53.3 Å². The van der Waals surface area contributed by atoms with Crippen molar-refractivity contribution in [3.8, 4) is 0 Å². The number of likely N-dealkylation sites (tertiary alicyclic amines) is 1. The molecule has 0 saturated carbocycles. The summed E-state index contributed by atoms with van der Waals surface area (Å²) in [5.41, 5.74) is 1.49. The normalized spacial score (nSPS) is 15.7. The average molecular weight is 383 g/mol. The van der Waals surface area contributed by atoms with Crippen LogP contribution in [0.4, 0.5) is 0 Å². The maximum absolute atomic E-state index is 12.3. The molecule has 0 aliphatic carbocycles. The molecule has 28 heavy (non-hydrogen) atoms. The Morgan fingerprint density at radius 3 is 2.46 bits per heavy atom. The highest BCUT2D eigenvalue weighted by Gasteiger charge is 2.25. The molecule has 1 fully saturated rings. The Morgan fingerprint density at radius 1 is 1.11 bits per heavy atom. The lowest BCUT2D eigenvalue weighted by Crippen LogP contribution is -2.45. The Kier molecular flexibility index (Phi) is 6.47. The van der Waals surface area contributed by atoms with E-state index in [4.69, 9.17) is 4.42 Å². The monoisotopic (exact) mass is 383 g/mol. The van der Waals surface area contributed by atoms with Crippen LogP contribution in [-0.2, 0) is 9.59 Å². The van der Waals surface area contributed by atoms with E-state index in [1.165, 1.54) is 12.5 Å². The number of hydrogen-bond donors (Lipinski definition) is 2. The third kappa shape index (κ3) is 5.00. The van der Waals surface area contributed by atoms with Gasteiger partial charge >= 0.3 is 11.8 Å². The van der Waals surface area contributed by atoms with E-state index < -0.39 is 11.8 Å². The fourth-order valence-electron chi connectivity index (χ4n) is 3.31. The van der Waals surface area contributed by atoms with E-state index in [0.717, 1.165) is 18.4 Å². The molecule has 2 N–H and O–H groups in total. The van der Waals surface area contributed by atoms with E-state index in [1.807, 2.05) is 37.3 Å². The van der Waals surface area contributed by atoms with Gasteiger partial charge in [-0.2, -0.15) is 0 Å². The average Bonchev–Trinajstić information content (AvgIpc) is 3.27. The Bertz CT molecular complexity index is 796. The molecule has 0 spiro atoms. The Hall–Kier alpha value is -3.09. The number of hydrogen-bond acceptors (Lipinski definition) is 4. The molecule has 3 amide bonds. The topological polar surface area (TPSA) is 91.7 Å². The van der Waals surface area contributed by atoms with Gasteiger partial charge in [-0.1, -0.05) is 30.3 Å². The number of benzene rings is 1. The van der Waals surface area contributed by atoms with E-state index >= 15 is 0 Å².